The van der Waals surface area contributed by atoms with Crippen molar-refractivity contribution in [1.29, 1.82) is 0 Å². The van der Waals surface area contributed by atoms with Gasteiger partial charge in [0, 0.05) is 24.9 Å². The molecule has 1 aromatic heterocycles. The average Bonchev–Trinajstić information content (AvgIpc) is 2.73. The summed E-state index contributed by atoms with van der Waals surface area (Å²) in [5.74, 6) is 1.46. The van der Waals surface area contributed by atoms with Crippen LogP contribution < -0.4 is 5.32 Å². The van der Waals surface area contributed by atoms with Crippen molar-refractivity contribution in [3.05, 3.63) is 46.6 Å². The first-order chi connectivity index (χ1) is 9.82. The normalized spacial score (nSPS) is 11.9. The molecule has 0 saturated carbocycles. The number of hydrogen-bond donors (Lipinski definition) is 1. The zero-order valence-corrected chi connectivity index (χ0v) is 13.7. The predicted octanol–water partition coefficient (Wildman–Crippen LogP) is 3.21. The van der Waals surface area contributed by atoms with Gasteiger partial charge in [-0.2, -0.15) is 4.98 Å². The van der Waals surface area contributed by atoms with E-state index in [1.54, 1.807) is 0 Å². The zero-order chi connectivity index (χ0) is 15.5. The van der Waals surface area contributed by atoms with Crippen LogP contribution in [0, 0.1) is 13.8 Å². The summed E-state index contributed by atoms with van der Waals surface area (Å²) in [6.45, 7) is 11.5. The van der Waals surface area contributed by atoms with E-state index in [9.17, 15) is 0 Å². The first-order valence-corrected chi connectivity index (χ1v) is 7.45. The molecule has 1 N–H and O–H groups in total. The Morgan fingerprint density at radius 1 is 1.10 bits per heavy atom. The molecule has 0 bridgehead atoms. The van der Waals surface area contributed by atoms with Crippen LogP contribution in [0.1, 0.15) is 49.2 Å². The molecular formula is C17H25N3O. The van der Waals surface area contributed by atoms with Crippen LogP contribution in [-0.4, -0.2) is 22.2 Å². The SMILES string of the molecule is Cc1cc(C)cc(Cc2noc(CCNC(C)(C)C)n2)c1. The van der Waals surface area contributed by atoms with E-state index < -0.39 is 0 Å². The fraction of sp³-hybridized carbons (Fsp3) is 0.529. The average molecular weight is 287 g/mol. The lowest BCUT2D eigenvalue weighted by molar-refractivity contribution is 0.359. The molecule has 0 radical (unpaired) electrons. The lowest BCUT2D eigenvalue weighted by Crippen LogP contribution is -2.37. The Morgan fingerprint density at radius 2 is 1.76 bits per heavy atom. The Balaban J connectivity index is 1.93. The third kappa shape index (κ3) is 5.31. The molecule has 2 aromatic rings. The molecule has 2 rings (SSSR count). The first kappa shape index (κ1) is 15.7. The van der Waals surface area contributed by atoms with E-state index in [1.165, 1.54) is 16.7 Å². The van der Waals surface area contributed by atoms with Crippen LogP contribution in [0.4, 0.5) is 0 Å². The van der Waals surface area contributed by atoms with Gasteiger partial charge < -0.3 is 9.84 Å². The number of benzene rings is 1. The summed E-state index contributed by atoms with van der Waals surface area (Å²) >= 11 is 0. The van der Waals surface area contributed by atoms with Crippen molar-refractivity contribution in [2.75, 3.05) is 6.54 Å². The quantitative estimate of drug-likeness (QED) is 0.917. The van der Waals surface area contributed by atoms with Crippen molar-refractivity contribution in [3.8, 4) is 0 Å². The van der Waals surface area contributed by atoms with Crippen molar-refractivity contribution < 1.29 is 4.52 Å². The highest BCUT2D eigenvalue weighted by atomic mass is 16.5. The molecule has 0 saturated heterocycles. The Morgan fingerprint density at radius 3 is 2.38 bits per heavy atom. The van der Waals surface area contributed by atoms with Gasteiger partial charge in [-0.15, -0.1) is 0 Å². The summed E-state index contributed by atoms with van der Waals surface area (Å²) in [5.41, 5.74) is 3.88. The van der Waals surface area contributed by atoms with Gasteiger partial charge in [-0.05, 0) is 40.2 Å². The summed E-state index contributed by atoms with van der Waals surface area (Å²) in [5, 5.41) is 7.49. The fourth-order valence-corrected chi connectivity index (χ4v) is 2.36. The summed E-state index contributed by atoms with van der Waals surface area (Å²) in [7, 11) is 0. The summed E-state index contributed by atoms with van der Waals surface area (Å²) in [6.07, 6.45) is 1.48. The van der Waals surface area contributed by atoms with Crippen LogP contribution >= 0.6 is 0 Å². The van der Waals surface area contributed by atoms with E-state index in [0.717, 1.165) is 25.2 Å². The minimum atomic E-state index is 0.113. The van der Waals surface area contributed by atoms with Gasteiger partial charge in [0.15, 0.2) is 5.82 Å². The van der Waals surface area contributed by atoms with Crippen molar-refractivity contribution >= 4 is 0 Å². The van der Waals surface area contributed by atoms with Gasteiger partial charge in [-0.3, -0.25) is 0 Å². The van der Waals surface area contributed by atoms with Crippen molar-refractivity contribution in [2.45, 2.75) is 53.0 Å². The van der Waals surface area contributed by atoms with E-state index >= 15 is 0 Å². The number of aromatic nitrogens is 2. The minimum absolute atomic E-state index is 0.113. The number of nitrogens with one attached hydrogen (secondary N) is 1. The first-order valence-electron chi connectivity index (χ1n) is 7.45. The minimum Gasteiger partial charge on any atom is -0.339 e. The molecule has 1 heterocycles. The molecule has 0 aliphatic heterocycles. The molecule has 4 nitrogen and oxygen atoms in total. The molecule has 0 aliphatic carbocycles. The number of hydrogen-bond acceptors (Lipinski definition) is 4. The van der Waals surface area contributed by atoms with E-state index in [2.05, 4.69) is 68.3 Å². The van der Waals surface area contributed by atoms with Gasteiger partial charge in [-0.25, -0.2) is 0 Å². The van der Waals surface area contributed by atoms with Crippen LogP contribution in [0.25, 0.3) is 0 Å². The van der Waals surface area contributed by atoms with Gasteiger partial charge >= 0.3 is 0 Å². The second kappa shape index (κ2) is 6.39. The standard InChI is InChI=1S/C17H25N3O/c1-12-8-13(2)10-14(9-12)11-15-19-16(21-20-15)6-7-18-17(3,4)5/h8-10,18H,6-7,11H2,1-5H3. The molecule has 0 spiro atoms. The Bertz CT molecular complexity index is 576. The Hall–Kier alpha value is -1.68. The second-order valence-corrected chi connectivity index (χ2v) is 6.70. The van der Waals surface area contributed by atoms with Gasteiger partial charge in [-0.1, -0.05) is 34.5 Å². The van der Waals surface area contributed by atoms with E-state index in [4.69, 9.17) is 4.52 Å². The van der Waals surface area contributed by atoms with Crippen LogP contribution in [0.3, 0.4) is 0 Å². The third-order valence-corrected chi connectivity index (χ3v) is 3.15. The largest absolute Gasteiger partial charge is 0.339 e. The predicted molar refractivity (Wildman–Crippen MR) is 84.5 cm³/mol. The summed E-state index contributed by atoms with van der Waals surface area (Å²) in [6, 6.07) is 6.51. The molecule has 1 aromatic carbocycles. The number of rotatable bonds is 5. The maximum atomic E-state index is 5.31. The van der Waals surface area contributed by atoms with E-state index in [-0.39, 0.29) is 5.54 Å². The lowest BCUT2D eigenvalue weighted by atomic mass is 10.1. The molecule has 4 heteroatoms. The molecule has 0 atom stereocenters. The van der Waals surface area contributed by atoms with Crippen LogP contribution in [0.15, 0.2) is 22.7 Å². The topological polar surface area (TPSA) is 51.0 Å². The van der Waals surface area contributed by atoms with Crippen LogP contribution in [0.2, 0.25) is 0 Å². The van der Waals surface area contributed by atoms with Gasteiger partial charge in [0.25, 0.3) is 0 Å². The molecule has 0 fully saturated rings. The summed E-state index contributed by atoms with van der Waals surface area (Å²) in [4.78, 5) is 4.47. The molecule has 0 aliphatic rings. The lowest BCUT2D eigenvalue weighted by Gasteiger charge is -2.19. The highest BCUT2D eigenvalue weighted by Crippen LogP contribution is 2.12. The zero-order valence-electron chi connectivity index (χ0n) is 13.7. The van der Waals surface area contributed by atoms with Gasteiger partial charge in [0.1, 0.15) is 0 Å². The highest BCUT2D eigenvalue weighted by Gasteiger charge is 2.11. The van der Waals surface area contributed by atoms with Crippen molar-refractivity contribution in [3.63, 3.8) is 0 Å². The smallest absolute Gasteiger partial charge is 0.227 e. The van der Waals surface area contributed by atoms with Gasteiger partial charge in [0.2, 0.25) is 5.89 Å². The van der Waals surface area contributed by atoms with Crippen LogP contribution in [-0.2, 0) is 12.8 Å². The van der Waals surface area contributed by atoms with E-state index in [1.807, 2.05) is 0 Å². The Labute approximate surface area is 127 Å². The molecule has 0 amide bonds. The maximum Gasteiger partial charge on any atom is 0.227 e. The molecule has 21 heavy (non-hydrogen) atoms. The third-order valence-electron chi connectivity index (χ3n) is 3.15. The van der Waals surface area contributed by atoms with Crippen molar-refractivity contribution in [2.24, 2.45) is 0 Å². The number of aryl methyl sites for hydroxylation is 2. The van der Waals surface area contributed by atoms with Crippen LogP contribution in [0.5, 0.6) is 0 Å². The number of nitrogens with zero attached hydrogens (tertiary/aromatic N) is 2. The molecular weight excluding hydrogens is 262 g/mol. The molecule has 114 valence electrons. The second-order valence-electron chi connectivity index (χ2n) is 6.70. The Kier molecular flexibility index (Phi) is 4.78. The summed E-state index contributed by atoms with van der Waals surface area (Å²) < 4.78 is 5.31. The fourth-order valence-electron chi connectivity index (χ4n) is 2.36. The monoisotopic (exact) mass is 287 g/mol. The highest BCUT2D eigenvalue weighted by molar-refractivity contribution is 5.30. The van der Waals surface area contributed by atoms with E-state index in [0.29, 0.717) is 5.89 Å². The molecule has 0 unspecified atom stereocenters. The van der Waals surface area contributed by atoms with Gasteiger partial charge in [0.05, 0.1) is 0 Å². The maximum absolute atomic E-state index is 5.31. The van der Waals surface area contributed by atoms with Crippen molar-refractivity contribution in [1.82, 2.24) is 15.5 Å².